The molecule has 208 valence electrons. The molecule has 0 amide bonds. The molecule has 8 heteroatoms. The molecular weight excluding hydrogens is 532 g/mol. The van der Waals surface area contributed by atoms with Crippen LogP contribution in [-0.4, -0.2) is 42.7 Å². The number of allylic oxidation sites excluding steroid dienone is 1. The second-order valence-electron chi connectivity index (χ2n) is 9.83. The molecule has 0 spiro atoms. The maximum absolute atomic E-state index is 9.01. The van der Waals surface area contributed by atoms with Crippen LogP contribution in [0.3, 0.4) is 0 Å². The van der Waals surface area contributed by atoms with Gasteiger partial charge in [-0.3, -0.25) is 29.9 Å². The Hall–Kier alpha value is -5.73. The van der Waals surface area contributed by atoms with Crippen LogP contribution in [-0.2, 0) is 0 Å². The number of pyridine rings is 6. The summed E-state index contributed by atoms with van der Waals surface area (Å²) >= 11 is 0. The SMILES string of the molecule is CNC(/C=C\C(=N)c1ccncc1-c1cncc(-c2cccnc2)c1)c1ccncc1-c1cncc(-c2cccnc2)c1. The smallest absolute Gasteiger partial charge is 0.0617 e. The fraction of sp³-hybridized carbons (Fsp3) is 0.0571. The molecule has 0 aliphatic carbocycles. The van der Waals surface area contributed by atoms with Crippen molar-refractivity contribution in [3.05, 3.63) is 146 Å². The molecule has 2 N–H and O–H groups in total. The predicted molar refractivity (Wildman–Crippen MR) is 169 cm³/mol. The number of rotatable bonds is 9. The highest BCUT2D eigenvalue weighted by Gasteiger charge is 2.15. The van der Waals surface area contributed by atoms with E-state index < -0.39 is 0 Å². The highest BCUT2D eigenvalue weighted by Crippen LogP contribution is 2.31. The van der Waals surface area contributed by atoms with Crippen molar-refractivity contribution < 1.29 is 0 Å². The van der Waals surface area contributed by atoms with Crippen molar-refractivity contribution in [3.8, 4) is 44.5 Å². The van der Waals surface area contributed by atoms with Crippen molar-refractivity contribution in [3.63, 3.8) is 0 Å². The monoisotopic (exact) mass is 560 g/mol. The Morgan fingerprint density at radius 1 is 0.605 bits per heavy atom. The second-order valence-corrected chi connectivity index (χ2v) is 9.83. The number of aromatic nitrogens is 6. The first-order chi connectivity index (χ1) is 21.2. The van der Waals surface area contributed by atoms with E-state index in [1.165, 1.54) is 0 Å². The summed E-state index contributed by atoms with van der Waals surface area (Å²) in [7, 11) is 1.90. The van der Waals surface area contributed by atoms with Crippen molar-refractivity contribution in [1.82, 2.24) is 35.2 Å². The summed E-state index contributed by atoms with van der Waals surface area (Å²) < 4.78 is 0. The highest BCUT2D eigenvalue weighted by molar-refractivity contribution is 6.10. The van der Waals surface area contributed by atoms with Crippen LogP contribution in [0.4, 0.5) is 0 Å². The summed E-state index contributed by atoms with van der Waals surface area (Å²) in [5.74, 6) is 0. The van der Waals surface area contributed by atoms with Gasteiger partial charge in [0.1, 0.15) is 0 Å². The van der Waals surface area contributed by atoms with Crippen molar-refractivity contribution in [2.45, 2.75) is 6.04 Å². The lowest BCUT2D eigenvalue weighted by Gasteiger charge is -2.17. The summed E-state index contributed by atoms with van der Waals surface area (Å²) in [6.45, 7) is 0. The van der Waals surface area contributed by atoms with Gasteiger partial charge < -0.3 is 10.7 Å². The average molecular weight is 561 g/mol. The Morgan fingerprint density at radius 3 is 1.74 bits per heavy atom. The Kier molecular flexibility index (Phi) is 8.20. The minimum Gasteiger partial charge on any atom is -0.310 e. The molecule has 0 fully saturated rings. The van der Waals surface area contributed by atoms with Gasteiger partial charge in [-0.15, -0.1) is 0 Å². The van der Waals surface area contributed by atoms with Crippen molar-refractivity contribution in [2.24, 2.45) is 0 Å². The first kappa shape index (κ1) is 27.4. The van der Waals surface area contributed by atoms with Gasteiger partial charge in [0, 0.05) is 124 Å². The van der Waals surface area contributed by atoms with E-state index in [0.29, 0.717) is 5.71 Å². The molecule has 6 aromatic heterocycles. The van der Waals surface area contributed by atoms with Gasteiger partial charge in [-0.25, -0.2) is 0 Å². The molecule has 6 aromatic rings. The van der Waals surface area contributed by atoms with Crippen LogP contribution in [0.25, 0.3) is 44.5 Å². The molecule has 6 rings (SSSR count). The van der Waals surface area contributed by atoms with Gasteiger partial charge in [0.05, 0.1) is 11.8 Å². The number of hydrogen-bond acceptors (Lipinski definition) is 8. The van der Waals surface area contributed by atoms with Crippen molar-refractivity contribution in [2.75, 3.05) is 7.05 Å². The maximum atomic E-state index is 9.01. The summed E-state index contributed by atoms with van der Waals surface area (Å²) in [5.41, 5.74) is 9.66. The quantitative estimate of drug-likeness (QED) is 0.191. The first-order valence-corrected chi connectivity index (χ1v) is 13.7. The van der Waals surface area contributed by atoms with Crippen LogP contribution < -0.4 is 5.32 Å². The molecule has 6 heterocycles. The third kappa shape index (κ3) is 6.14. The fourth-order valence-electron chi connectivity index (χ4n) is 4.97. The van der Waals surface area contributed by atoms with Crippen LogP contribution in [0.15, 0.2) is 135 Å². The Bertz CT molecular complexity index is 1890. The molecule has 0 saturated heterocycles. The van der Waals surface area contributed by atoms with Crippen LogP contribution >= 0.6 is 0 Å². The van der Waals surface area contributed by atoms with Crippen LogP contribution in [0.2, 0.25) is 0 Å². The Morgan fingerprint density at radius 2 is 1.14 bits per heavy atom. The summed E-state index contributed by atoms with van der Waals surface area (Å²) in [4.78, 5) is 26.2. The fourth-order valence-corrected chi connectivity index (χ4v) is 4.97. The standard InChI is InChI=1S/C35H28N8/c1-37-35(31-9-13-41-23-33(31)29-15-27(19-43-21-29)25-5-3-11-39-17-25)7-6-34(36)30-8-12-40-22-32(30)28-14-26(18-42-20-28)24-4-2-10-38-16-24/h2-23,35-37H,1H3/b7-6-,36-34?. The average Bonchev–Trinajstić information content (AvgIpc) is 3.09. The molecule has 0 aliphatic heterocycles. The van der Waals surface area contributed by atoms with Crippen LogP contribution in [0.5, 0.6) is 0 Å². The Labute approximate surface area is 249 Å². The largest absolute Gasteiger partial charge is 0.310 e. The van der Waals surface area contributed by atoms with Gasteiger partial charge >= 0.3 is 0 Å². The summed E-state index contributed by atoms with van der Waals surface area (Å²) in [5, 5.41) is 12.4. The molecule has 0 bridgehead atoms. The van der Waals surface area contributed by atoms with E-state index in [1.807, 2.05) is 92.8 Å². The third-order valence-corrected chi connectivity index (χ3v) is 7.16. The molecule has 1 atom stereocenters. The van der Waals surface area contributed by atoms with E-state index in [4.69, 9.17) is 5.41 Å². The lowest BCUT2D eigenvalue weighted by molar-refractivity contribution is 0.715. The van der Waals surface area contributed by atoms with Gasteiger partial charge in [-0.05, 0) is 55.1 Å². The summed E-state index contributed by atoms with van der Waals surface area (Å²) in [6, 6.07) is 15.7. The second kappa shape index (κ2) is 12.8. The van der Waals surface area contributed by atoms with Crippen molar-refractivity contribution >= 4 is 5.71 Å². The zero-order valence-electron chi connectivity index (χ0n) is 23.5. The van der Waals surface area contributed by atoms with E-state index in [0.717, 1.165) is 55.6 Å². The van der Waals surface area contributed by atoms with Gasteiger partial charge in [0.15, 0.2) is 0 Å². The predicted octanol–water partition coefficient (Wildman–Crippen LogP) is 6.61. The minimum atomic E-state index is -0.179. The molecule has 0 aromatic carbocycles. The number of likely N-dealkylation sites (N-methyl/N-ethyl adjacent to an activating group) is 1. The maximum Gasteiger partial charge on any atom is 0.0617 e. The van der Waals surface area contributed by atoms with Gasteiger partial charge in [0.25, 0.3) is 0 Å². The lowest BCUT2D eigenvalue weighted by Crippen LogP contribution is -2.15. The van der Waals surface area contributed by atoms with Crippen LogP contribution in [0, 0.1) is 5.41 Å². The van der Waals surface area contributed by atoms with Gasteiger partial charge in [-0.2, -0.15) is 0 Å². The molecule has 8 nitrogen and oxygen atoms in total. The van der Waals surface area contributed by atoms with E-state index in [2.05, 4.69) is 47.4 Å². The molecule has 0 aliphatic rings. The van der Waals surface area contributed by atoms with E-state index >= 15 is 0 Å². The molecule has 43 heavy (non-hydrogen) atoms. The van der Waals surface area contributed by atoms with E-state index in [1.54, 1.807) is 37.2 Å². The lowest BCUT2D eigenvalue weighted by atomic mass is 9.94. The number of nitrogens with zero attached hydrogens (tertiary/aromatic N) is 6. The number of nitrogens with one attached hydrogen (secondary N) is 2. The minimum absolute atomic E-state index is 0.179. The summed E-state index contributed by atoms with van der Waals surface area (Å²) in [6.07, 6.45) is 25.4. The zero-order chi connectivity index (χ0) is 29.4. The zero-order valence-corrected chi connectivity index (χ0v) is 23.5. The van der Waals surface area contributed by atoms with E-state index in [-0.39, 0.29) is 6.04 Å². The van der Waals surface area contributed by atoms with Crippen molar-refractivity contribution in [1.29, 1.82) is 5.41 Å². The van der Waals surface area contributed by atoms with Gasteiger partial charge in [-0.1, -0.05) is 18.2 Å². The third-order valence-electron chi connectivity index (χ3n) is 7.16. The number of hydrogen-bond donors (Lipinski definition) is 2. The topological polar surface area (TPSA) is 113 Å². The first-order valence-electron chi connectivity index (χ1n) is 13.7. The highest BCUT2D eigenvalue weighted by atomic mass is 14.9. The molecule has 0 radical (unpaired) electrons. The normalized spacial score (nSPS) is 11.8. The van der Waals surface area contributed by atoms with Gasteiger partial charge in [0.2, 0.25) is 0 Å². The Balaban J connectivity index is 1.30. The van der Waals surface area contributed by atoms with E-state index in [9.17, 15) is 0 Å². The molecule has 1 unspecified atom stereocenters. The molecular formula is C35H28N8. The molecule has 0 saturated carbocycles. The van der Waals surface area contributed by atoms with Crippen LogP contribution in [0.1, 0.15) is 17.2 Å².